The van der Waals surface area contributed by atoms with Crippen LogP contribution in [-0.2, 0) is 9.53 Å². The number of aliphatic imine (C=N–C) groups is 1. The van der Waals surface area contributed by atoms with E-state index in [2.05, 4.69) is 4.99 Å². The molecule has 1 aromatic heterocycles. The van der Waals surface area contributed by atoms with Crippen LogP contribution in [0.4, 0.5) is 0 Å². The van der Waals surface area contributed by atoms with Gasteiger partial charge in [-0.3, -0.25) is 4.99 Å². The van der Waals surface area contributed by atoms with Crippen molar-refractivity contribution in [2.45, 2.75) is 12.5 Å². The minimum atomic E-state index is -0.375. The molecule has 88 valence electrons. The molecule has 0 unspecified atom stereocenters. The quantitative estimate of drug-likeness (QED) is 0.580. The molecule has 0 aliphatic heterocycles. The van der Waals surface area contributed by atoms with E-state index in [0.717, 1.165) is 17.1 Å². The van der Waals surface area contributed by atoms with Crippen LogP contribution in [0.2, 0.25) is 0 Å². The molecule has 0 spiro atoms. The van der Waals surface area contributed by atoms with Crippen molar-refractivity contribution in [2.75, 3.05) is 19.1 Å². The summed E-state index contributed by atoms with van der Waals surface area (Å²) in [4.78, 5) is 16.8. The lowest BCUT2D eigenvalue weighted by Gasteiger charge is -2.08. The minimum Gasteiger partial charge on any atom is -0.467 e. The molecule has 5 heteroatoms. The monoisotopic (exact) mass is 257 g/mol. The SMILES string of the molecule is COC(=O)[C@H](CCSC)N=Cc1cccs1. The van der Waals surface area contributed by atoms with Crippen molar-refractivity contribution in [3.63, 3.8) is 0 Å². The summed E-state index contributed by atoms with van der Waals surface area (Å²) in [5.41, 5.74) is 0. The fourth-order valence-electron chi connectivity index (χ4n) is 1.15. The van der Waals surface area contributed by atoms with Gasteiger partial charge in [0.05, 0.1) is 7.11 Å². The molecule has 16 heavy (non-hydrogen) atoms. The van der Waals surface area contributed by atoms with Gasteiger partial charge >= 0.3 is 5.97 Å². The third kappa shape index (κ3) is 4.37. The number of ether oxygens (including phenoxy) is 1. The van der Waals surface area contributed by atoms with Crippen molar-refractivity contribution in [1.29, 1.82) is 0 Å². The average molecular weight is 257 g/mol. The first-order valence-corrected chi connectivity index (χ1v) is 7.18. The van der Waals surface area contributed by atoms with Crippen LogP contribution in [0.15, 0.2) is 22.5 Å². The standard InChI is InChI=1S/C11H15NO2S2/c1-14-11(13)10(5-7-15-2)12-8-9-4-3-6-16-9/h3-4,6,8,10H,5,7H2,1-2H3/t10-/m0/s1. The van der Waals surface area contributed by atoms with Crippen molar-refractivity contribution < 1.29 is 9.53 Å². The van der Waals surface area contributed by atoms with Crippen LogP contribution in [0.3, 0.4) is 0 Å². The zero-order valence-electron chi connectivity index (χ0n) is 9.38. The predicted octanol–water partition coefficient (Wildman–Crippen LogP) is 2.46. The number of carbonyl (C=O) groups is 1. The Kier molecular flexibility index (Phi) is 6.18. The maximum atomic E-state index is 11.4. The second kappa shape index (κ2) is 7.46. The molecule has 0 aromatic carbocycles. The fraction of sp³-hybridized carbons (Fsp3) is 0.455. The Balaban J connectivity index is 2.58. The normalized spacial score (nSPS) is 12.9. The Morgan fingerprint density at radius 2 is 2.56 bits per heavy atom. The van der Waals surface area contributed by atoms with E-state index in [9.17, 15) is 4.79 Å². The highest BCUT2D eigenvalue weighted by Crippen LogP contribution is 2.09. The van der Waals surface area contributed by atoms with E-state index in [1.54, 1.807) is 29.3 Å². The van der Waals surface area contributed by atoms with E-state index in [1.807, 2.05) is 23.8 Å². The smallest absolute Gasteiger partial charge is 0.330 e. The maximum absolute atomic E-state index is 11.4. The Morgan fingerprint density at radius 3 is 3.12 bits per heavy atom. The van der Waals surface area contributed by atoms with E-state index < -0.39 is 0 Å². The van der Waals surface area contributed by atoms with Gasteiger partial charge in [-0.1, -0.05) is 6.07 Å². The summed E-state index contributed by atoms with van der Waals surface area (Å²) in [6.07, 6.45) is 4.47. The van der Waals surface area contributed by atoms with Gasteiger partial charge in [-0.2, -0.15) is 11.8 Å². The van der Waals surface area contributed by atoms with Gasteiger partial charge in [0.25, 0.3) is 0 Å². The zero-order chi connectivity index (χ0) is 11.8. The molecular weight excluding hydrogens is 242 g/mol. The minimum absolute atomic E-state index is 0.262. The van der Waals surface area contributed by atoms with E-state index >= 15 is 0 Å². The summed E-state index contributed by atoms with van der Waals surface area (Å²) in [5, 5.41) is 1.98. The number of nitrogens with zero attached hydrogens (tertiary/aromatic N) is 1. The Bertz CT molecular complexity index is 336. The molecule has 0 N–H and O–H groups in total. The molecule has 0 saturated carbocycles. The van der Waals surface area contributed by atoms with E-state index in [1.165, 1.54) is 7.11 Å². The summed E-state index contributed by atoms with van der Waals surface area (Å²) in [6.45, 7) is 0. The lowest BCUT2D eigenvalue weighted by molar-refractivity contribution is -0.142. The summed E-state index contributed by atoms with van der Waals surface area (Å²) >= 11 is 3.30. The number of thiophene rings is 1. The summed E-state index contributed by atoms with van der Waals surface area (Å²) in [6, 6.07) is 3.55. The third-order valence-corrected chi connectivity index (χ3v) is 3.44. The molecule has 1 aromatic rings. The van der Waals surface area contributed by atoms with E-state index in [0.29, 0.717) is 0 Å². The molecule has 0 bridgehead atoms. The molecule has 1 rings (SSSR count). The largest absolute Gasteiger partial charge is 0.467 e. The average Bonchev–Trinajstić information content (AvgIpc) is 2.81. The predicted molar refractivity (Wildman–Crippen MR) is 70.7 cm³/mol. The van der Waals surface area contributed by atoms with Gasteiger partial charge in [0.15, 0.2) is 0 Å². The van der Waals surface area contributed by atoms with Crippen molar-refractivity contribution in [3.8, 4) is 0 Å². The van der Waals surface area contributed by atoms with E-state index in [-0.39, 0.29) is 12.0 Å². The molecule has 1 atom stereocenters. The van der Waals surface area contributed by atoms with Crippen molar-refractivity contribution in [1.82, 2.24) is 0 Å². The van der Waals surface area contributed by atoms with Crippen molar-refractivity contribution in [3.05, 3.63) is 22.4 Å². The van der Waals surface area contributed by atoms with Crippen LogP contribution in [0.25, 0.3) is 0 Å². The van der Waals surface area contributed by atoms with Crippen molar-refractivity contribution in [2.24, 2.45) is 4.99 Å². The van der Waals surface area contributed by atoms with Gasteiger partial charge in [-0.15, -0.1) is 11.3 Å². The van der Waals surface area contributed by atoms with Crippen LogP contribution in [0.1, 0.15) is 11.3 Å². The first-order chi connectivity index (χ1) is 7.77. The topological polar surface area (TPSA) is 38.7 Å². The first kappa shape index (κ1) is 13.3. The lowest BCUT2D eigenvalue weighted by Crippen LogP contribution is -2.21. The van der Waals surface area contributed by atoms with Gasteiger partial charge in [-0.25, -0.2) is 4.79 Å². The van der Waals surface area contributed by atoms with Gasteiger partial charge in [0.2, 0.25) is 0 Å². The number of methoxy groups -OCH3 is 1. The molecule has 0 radical (unpaired) electrons. The molecule has 0 aliphatic rings. The van der Waals surface area contributed by atoms with Gasteiger partial charge in [0, 0.05) is 11.1 Å². The van der Waals surface area contributed by atoms with Crippen LogP contribution >= 0.6 is 23.1 Å². The Hall–Kier alpha value is -0.810. The fourth-order valence-corrected chi connectivity index (χ4v) is 2.20. The number of rotatable bonds is 6. The number of hydrogen-bond acceptors (Lipinski definition) is 5. The highest BCUT2D eigenvalue weighted by Gasteiger charge is 2.16. The number of esters is 1. The Labute approximate surface area is 104 Å². The maximum Gasteiger partial charge on any atom is 0.330 e. The molecule has 0 fully saturated rings. The van der Waals surface area contributed by atoms with Crippen LogP contribution < -0.4 is 0 Å². The molecule has 1 heterocycles. The highest BCUT2D eigenvalue weighted by molar-refractivity contribution is 7.98. The van der Waals surface area contributed by atoms with Crippen LogP contribution in [0, 0.1) is 0 Å². The summed E-state index contributed by atoms with van der Waals surface area (Å²) < 4.78 is 4.72. The van der Waals surface area contributed by atoms with Gasteiger partial charge in [-0.05, 0) is 29.9 Å². The summed E-state index contributed by atoms with van der Waals surface area (Å²) in [5.74, 6) is 0.642. The van der Waals surface area contributed by atoms with Crippen LogP contribution in [0.5, 0.6) is 0 Å². The third-order valence-electron chi connectivity index (χ3n) is 1.99. The van der Waals surface area contributed by atoms with Crippen molar-refractivity contribution >= 4 is 35.3 Å². The number of hydrogen-bond donors (Lipinski definition) is 0. The van der Waals surface area contributed by atoms with Crippen LogP contribution in [-0.4, -0.2) is 37.3 Å². The first-order valence-electron chi connectivity index (χ1n) is 4.91. The Morgan fingerprint density at radius 1 is 1.75 bits per heavy atom. The zero-order valence-corrected chi connectivity index (χ0v) is 11.0. The molecular formula is C11H15NO2S2. The molecule has 0 saturated heterocycles. The highest BCUT2D eigenvalue weighted by atomic mass is 32.2. The molecule has 0 amide bonds. The lowest BCUT2D eigenvalue weighted by atomic mass is 10.2. The molecule has 0 aliphatic carbocycles. The number of carbonyl (C=O) groups excluding carboxylic acids is 1. The van der Waals surface area contributed by atoms with Gasteiger partial charge in [0.1, 0.15) is 6.04 Å². The van der Waals surface area contributed by atoms with E-state index in [4.69, 9.17) is 4.74 Å². The summed E-state index contributed by atoms with van der Waals surface area (Å²) in [7, 11) is 1.40. The number of thioether (sulfide) groups is 1. The second-order valence-corrected chi connectivity index (χ2v) is 5.08. The van der Waals surface area contributed by atoms with Gasteiger partial charge < -0.3 is 4.74 Å². The second-order valence-electron chi connectivity index (χ2n) is 3.11. The molecule has 3 nitrogen and oxygen atoms in total.